The third-order valence-electron chi connectivity index (χ3n) is 3.92. The molecule has 114 valence electrons. The van der Waals surface area contributed by atoms with Gasteiger partial charge in [0.05, 0.1) is 19.0 Å². The van der Waals surface area contributed by atoms with Crippen molar-refractivity contribution in [2.75, 3.05) is 32.8 Å². The first-order valence-corrected chi connectivity index (χ1v) is 8.46. The Balaban J connectivity index is 1.69. The fourth-order valence-corrected chi connectivity index (χ4v) is 3.24. The average molecular weight is 308 g/mol. The number of H-pyrrole nitrogens is 1. The Bertz CT molecular complexity index is 635. The molecular weight excluding hydrogens is 288 g/mol. The number of nitrogens with one attached hydrogen (secondary N) is 1. The van der Waals surface area contributed by atoms with Crippen LogP contribution in [0.4, 0.5) is 0 Å². The van der Waals surface area contributed by atoms with Gasteiger partial charge in [0.1, 0.15) is 0 Å². The van der Waals surface area contributed by atoms with Crippen molar-refractivity contribution >= 4 is 22.0 Å². The van der Waals surface area contributed by atoms with Gasteiger partial charge < -0.3 is 14.3 Å². The molecule has 1 aromatic carbocycles. The summed E-state index contributed by atoms with van der Waals surface area (Å²) in [6, 6.07) is 5.94. The number of aromatic amines is 1. The molecule has 1 saturated heterocycles. The van der Waals surface area contributed by atoms with Crippen LogP contribution in [0.15, 0.2) is 24.4 Å². The maximum absolute atomic E-state index is 10.9. The zero-order chi connectivity index (χ0) is 14.7. The van der Waals surface area contributed by atoms with E-state index in [2.05, 4.69) is 9.88 Å². The number of hydrogen-bond donors (Lipinski definition) is 2. The highest BCUT2D eigenvalue weighted by Gasteiger charge is 2.11. The first kappa shape index (κ1) is 14.7. The van der Waals surface area contributed by atoms with Crippen LogP contribution in [0.2, 0.25) is 0 Å². The maximum atomic E-state index is 10.9. The summed E-state index contributed by atoms with van der Waals surface area (Å²) in [5, 5.41) is 1.20. The Kier molecular flexibility index (Phi) is 4.70. The van der Waals surface area contributed by atoms with Crippen molar-refractivity contribution in [3.05, 3.63) is 35.5 Å². The van der Waals surface area contributed by atoms with Crippen LogP contribution in [0.3, 0.4) is 0 Å². The van der Waals surface area contributed by atoms with E-state index in [4.69, 9.17) is 9.29 Å². The highest BCUT2D eigenvalue weighted by atomic mass is 32.2. The van der Waals surface area contributed by atoms with Crippen LogP contribution in [-0.4, -0.2) is 51.5 Å². The molecule has 1 atom stereocenters. The van der Waals surface area contributed by atoms with Crippen molar-refractivity contribution in [2.45, 2.75) is 12.2 Å². The molecule has 1 aliphatic rings. The van der Waals surface area contributed by atoms with E-state index in [1.807, 2.05) is 24.4 Å². The van der Waals surface area contributed by atoms with Gasteiger partial charge in [0.25, 0.3) is 0 Å². The summed E-state index contributed by atoms with van der Waals surface area (Å²) in [7, 11) is 0. The fourth-order valence-electron chi connectivity index (χ4n) is 2.78. The largest absolute Gasteiger partial charge is 0.379 e. The minimum Gasteiger partial charge on any atom is -0.379 e. The molecule has 2 aromatic rings. The molecule has 0 bridgehead atoms. The molecule has 0 amide bonds. The topological polar surface area (TPSA) is 65.6 Å². The third-order valence-corrected chi connectivity index (χ3v) is 4.50. The molecule has 0 radical (unpaired) electrons. The monoisotopic (exact) mass is 308 g/mol. The number of rotatable bonds is 5. The number of nitrogens with zero attached hydrogens (tertiary/aromatic N) is 1. The van der Waals surface area contributed by atoms with Crippen LogP contribution in [-0.2, 0) is 28.0 Å². The molecule has 1 unspecified atom stereocenters. The normalized spacial score (nSPS) is 18.1. The van der Waals surface area contributed by atoms with Crippen LogP contribution in [0.5, 0.6) is 0 Å². The number of fused-ring (bicyclic) bond motifs is 1. The maximum Gasteiger partial charge on any atom is 0.157 e. The number of aromatic nitrogens is 1. The molecule has 3 rings (SSSR count). The van der Waals surface area contributed by atoms with E-state index in [1.165, 1.54) is 10.9 Å². The molecule has 5 nitrogen and oxygen atoms in total. The van der Waals surface area contributed by atoms with Gasteiger partial charge in [-0.25, -0.2) is 4.21 Å². The van der Waals surface area contributed by atoms with Gasteiger partial charge in [-0.2, -0.15) is 0 Å². The number of morpholine rings is 1. The SMILES string of the molecule is O=S(O)Cc1ccc2c(CCN3CCOCC3)c[nH]c2c1. The van der Waals surface area contributed by atoms with Gasteiger partial charge in [0.15, 0.2) is 11.1 Å². The molecule has 21 heavy (non-hydrogen) atoms. The Hall–Kier alpha value is -1.21. The first-order valence-electron chi connectivity index (χ1n) is 7.19. The molecule has 0 aliphatic carbocycles. The molecule has 2 heterocycles. The van der Waals surface area contributed by atoms with E-state index >= 15 is 0 Å². The number of benzene rings is 1. The Morgan fingerprint density at radius 3 is 2.90 bits per heavy atom. The smallest absolute Gasteiger partial charge is 0.157 e. The summed E-state index contributed by atoms with van der Waals surface area (Å²) in [4.78, 5) is 5.69. The van der Waals surface area contributed by atoms with Crippen LogP contribution in [0.1, 0.15) is 11.1 Å². The van der Waals surface area contributed by atoms with Crippen LogP contribution in [0, 0.1) is 0 Å². The third kappa shape index (κ3) is 3.71. The van der Waals surface area contributed by atoms with Gasteiger partial charge in [-0.3, -0.25) is 4.90 Å². The zero-order valence-electron chi connectivity index (χ0n) is 11.9. The van der Waals surface area contributed by atoms with E-state index in [-0.39, 0.29) is 5.75 Å². The van der Waals surface area contributed by atoms with Gasteiger partial charge >= 0.3 is 0 Å². The Morgan fingerprint density at radius 2 is 2.14 bits per heavy atom. The van der Waals surface area contributed by atoms with Crippen molar-refractivity contribution in [1.82, 2.24) is 9.88 Å². The minimum absolute atomic E-state index is 0.179. The van der Waals surface area contributed by atoms with Gasteiger partial charge in [-0.1, -0.05) is 12.1 Å². The molecular formula is C15H20N2O3S. The summed E-state index contributed by atoms with van der Waals surface area (Å²) < 4.78 is 25.2. The van der Waals surface area contributed by atoms with Crippen molar-refractivity contribution in [3.63, 3.8) is 0 Å². The molecule has 1 fully saturated rings. The summed E-state index contributed by atoms with van der Waals surface area (Å²) in [6.07, 6.45) is 3.05. The highest BCUT2D eigenvalue weighted by Crippen LogP contribution is 2.21. The van der Waals surface area contributed by atoms with Crippen molar-refractivity contribution in [1.29, 1.82) is 0 Å². The van der Waals surface area contributed by atoms with E-state index < -0.39 is 11.1 Å². The van der Waals surface area contributed by atoms with E-state index in [0.29, 0.717) is 0 Å². The van der Waals surface area contributed by atoms with Crippen molar-refractivity contribution < 1.29 is 13.5 Å². The lowest BCUT2D eigenvalue weighted by Gasteiger charge is -2.26. The molecule has 2 N–H and O–H groups in total. The summed E-state index contributed by atoms with van der Waals surface area (Å²) in [6.45, 7) is 4.72. The fraction of sp³-hybridized carbons (Fsp3) is 0.467. The molecule has 0 spiro atoms. The van der Waals surface area contributed by atoms with Crippen LogP contribution >= 0.6 is 0 Å². The zero-order valence-corrected chi connectivity index (χ0v) is 12.7. The summed E-state index contributed by atoms with van der Waals surface area (Å²) in [5.74, 6) is 0.179. The number of ether oxygens (including phenoxy) is 1. The summed E-state index contributed by atoms with van der Waals surface area (Å²) >= 11 is -1.79. The van der Waals surface area contributed by atoms with E-state index in [1.54, 1.807) is 0 Å². The van der Waals surface area contributed by atoms with Gasteiger partial charge in [-0.15, -0.1) is 0 Å². The highest BCUT2D eigenvalue weighted by molar-refractivity contribution is 7.78. The second kappa shape index (κ2) is 6.70. The van der Waals surface area contributed by atoms with Crippen LogP contribution < -0.4 is 0 Å². The number of hydrogen-bond acceptors (Lipinski definition) is 3. The molecule has 1 aliphatic heterocycles. The molecule has 1 aromatic heterocycles. The molecule has 0 saturated carbocycles. The predicted molar refractivity (Wildman–Crippen MR) is 83.7 cm³/mol. The molecule has 6 heteroatoms. The predicted octanol–water partition coefficient (Wildman–Crippen LogP) is 1.76. The first-order chi connectivity index (χ1) is 10.2. The van der Waals surface area contributed by atoms with E-state index in [9.17, 15) is 4.21 Å². The summed E-state index contributed by atoms with van der Waals surface area (Å²) in [5.41, 5.74) is 3.22. The average Bonchev–Trinajstić information content (AvgIpc) is 2.88. The lowest BCUT2D eigenvalue weighted by Crippen LogP contribution is -2.37. The van der Waals surface area contributed by atoms with Gasteiger partial charge in [0.2, 0.25) is 0 Å². The quantitative estimate of drug-likeness (QED) is 0.826. The second-order valence-corrected chi connectivity index (χ2v) is 6.30. The van der Waals surface area contributed by atoms with Gasteiger partial charge in [-0.05, 0) is 23.6 Å². The minimum atomic E-state index is -1.79. The van der Waals surface area contributed by atoms with Crippen LogP contribution in [0.25, 0.3) is 10.9 Å². The lowest BCUT2D eigenvalue weighted by atomic mass is 10.1. The standard InChI is InChI=1S/C15H20N2O3S/c18-21(19)11-12-1-2-14-13(10-16-15(14)9-12)3-4-17-5-7-20-8-6-17/h1-2,9-10,16H,3-8,11H2,(H,18,19). The van der Waals surface area contributed by atoms with Gasteiger partial charge in [0, 0.05) is 36.7 Å². The lowest BCUT2D eigenvalue weighted by molar-refractivity contribution is 0.0385. The Morgan fingerprint density at radius 1 is 1.33 bits per heavy atom. The van der Waals surface area contributed by atoms with Crippen molar-refractivity contribution in [2.24, 2.45) is 0 Å². The van der Waals surface area contributed by atoms with E-state index in [0.717, 1.165) is 50.3 Å². The second-order valence-electron chi connectivity index (χ2n) is 5.36. The van der Waals surface area contributed by atoms with Crippen molar-refractivity contribution in [3.8, 4) is 0 Å². The Labute approximate surface area is 126 Å².